The van der Waals surface area contributed by atoms with Crippen LogP contribution in [0, 0.1) is 0 Å². The van der Waals surface area contributed by atoms with E-state index < -0.39 is 56.1 Å². The Morgan fingerprint density at radius 2 is 1.50 bits per heavy atom. The van der Waals surface area contributed by atoms with E-state index in [-0.39, 0.29) is 35.2 Å². The summed E-state index contributed by atoms with van der Waals surface area (Å²) in [5.41, 5.74) is 0.958. The van der Waals surface area contributed by atoms with Gasteiger partial charge in [-0.25, -0.2) is 0 Å². The van der Waals surface area contributed by atoms with Gasteiger partial charge in [0.05, 0.1) is 41.2 Å². The largest absolute Gasteiger partial charge is 0.493 e. The molecule has 7 atom stereocenters. The standard InChI is InChI=1S/C27H36O13/c1-35-17-9-14(5-4-8-28)6-7-16(17)38-20(12-29)22(31)15-10-18(36-2)26(19(11-15)37-3)40-27-25(34)24(33)23(32)21(13-30)39-27/h4-7,9-11,20-25,27-34H,8,12-13H2,1-3H3/b5-4+/t20-,21-,22+,23-,24+,25-,27+/m1/s1. The van der Waals surface area contributed by atoms with Crippen molar-refractivity contribution in [3.63, 3.8) is 0 Å². The molecule has 0 aromatic heterocycles. The Hall–Kier alpha value is -3.14. The van der Waals surface area contributed by atoms with Gasteiger partial charge in [-0.1, -0.05) is 18.2 Å². The van der Waals surface area contributed by atoms with Crippen molar-refractivity contribution >= 4 is 6.08 Å². The van der Waals surface area contributed by atoms with Gasteiger partial charge in [-0.3, -0.25) is 0 Å². The van der Waals surface area contributed by atoms with E-state index in [0.717, 1.165) is 5.56 Å². The number of benzene rings is 2. The minimum atomic E-state index is -1.68. The number of ether oxygens (including phenoxy) is 6. The van der Waals surface area contributed by atoms with Gasteiger partial charge in [0, 0.05) is 0 Å². The number of hydrogen-bond donors (Lipinski definition) is 7. The van der Waals surface area contributed by atoms with Gasteiger partial charge in [0.2, 0.25) is 12.0 Å². The highest BCUT2D eigenvalue weighted by Crippen LogP contribution is 2.42. The van der Waals surface area contributed by atoms with E-state index in [9.17, 15) is 30.6 Å². The molecule has 3 rings (SSSR count). The number of rotatable bonds is 13. The van der Waals surface area contributed by atoms with Crippen LogP contribution in [0.1, 0.15) is 17.2 Å². The summed E-state index contributed by atoms with van der Waals surface area (Å²) in [7, 11) is 4.08. The van der Waals surface area contributed by atoms with Crippen LogP contribution in [-0.4, -0.2) is 114 Å². The summed E-state index contributed by atoms with van der Waals surface area (Å²) in [6.07, 6.45) is -6.90. The van der Waals surface area contributed by atoms with E-state index in [1.165, 1.54) is 33.5 Å². The molecule has 2 aromatic rings. The second-order valence-corrected chi connectivity index (χ2v) is 8.85. The van der Waals surface area contributed by atoms with Crippen molar-refractivity contribution in [1.29, 1.82) is 0 Å². The number of aliphatic hydroxyl groups excluding tert-OH is 7. The molecule has 2 aromatic carbocycles. The van der Waals surface area contributed by atoms with Crippen LogP contribution < -0.4 is 23.7 Å². The highest BCUT2D eigenvalue weighted by molar-refractivity contribution is 5.56. The number of aliphatic hydroxyl groups is 7. The van der Waals surface area contributed by atoms with Crippen LogP contribution in [0.25, 0.3) is 6.08 Å². The van der Waals surface area contributed by atoms with Gasteiger partial charge < -0.3 is 64.2 Å². The maximum atomic E-state index is 11.1. The van der Waals surface area contributed by atoms with Gasteiger partial charge in [0.1, 0.15) is 30.5 Å². The van der Waals surface area contributed by atoms with Crippen molar-refractivity contribution in [2.45, 2.75) is 42.9 Å². The summed E-state index contributed by atoms with van der Waals surface area (Å²) in [6.45, 7) is -1.34. The summed E-state index contributed by atoms with van der Waals surface area (Å²) >= 11 is 0. The lowest BCUT2D eigenvalue weighted by Crippen LogP contribution is -2.60. The molecule has 1 saturated heterocycles. The van der Waals surface area contributed by atoms with Crippen molar-refractivity contribution in [2.75, 3.05) is 41.2 Å². The lowest BCUT2D eigenvalue weighted by Gasteiger charge is -2.39. The minimum Gasteiger partial charge on any atom is -0.493 e. The summed E-state index contributed by atoms with van der Waals surface area (Å²) in [5.74, 6) is 0.617. The quantitative estimate of drug-likeness (QED) is 0.161. The van der Waals surface area contributed by atoms with Gasteiger partial charge in [0.15, 0.2) is 29.1 Å². The van der Waals surface area contributed by atoms with Gasteiger partial charge in [-0.15, -0.1) is 0 Å². The molecule has 0 amide bonds. The Kier molecular flexibility index (Phi) is 11.4. The maximum absolute atomic E-state index is 11.1. The second-order valence-electron chi connectivity index (χ2n) is 8.85. The average Bonchev–Trinajstić information content (AvgIpc) is 2.98. The lowest BCUT2D eigenvalue weighted by molar-refractivity contribution is -0.277. The number of hydrogen-bond acceptors (Lipinski definition) is 13. The van der Waals surface area contributed by atoms with E-state index >= 15 is 0 Å². The lowest BCUT2D eigenvalue weighted by atomic mass is 9.99. The predicted molar refractivity (Wildman–Crippen MR) is 140 cm³/mol. The first-order valence-electron chi connectivity index (χ1n) is 12.4. The fourth-order valence-electron chi connectivity index (χ4n) is 4.12. The van der Waals surface area contributed by atoms with Crippen molar-refractivity contribution in [3.8, 4) is 28.7 Å². The molecule has 0 radical (unpaired) electrons. The maximum Gasteiger partial charge on any atom is 0.229 e. The van der Waals surface area contributed by atoms with Crippen LogP contribution in [-0.2, 0) is 4.74 Å². The fraction of sp³-hybridized carbons (Fsp3) is 0.481. The van der Waals surface area contributed by atoms with Crippen molar-refractivity contribution in [3.05, 3.63) is 47.5 Å². The predicted octanol–water partition coefficient (Wildman–Crippen LogP) is -0.630. The Morgan fingerprint density at radius 3 is 2.05 bits per heavy atom. The molecule has 0 bridgehead atoms. The monoisotopic (exact) mass is 568 g/mol. The normalized spacial score (nSPS) is 24.4. The first-order chi connectivity index (χ1) is 19.2. The van der Waals surface area contributed by atoms with Gasteiger partial charge >= 0.3 is 0 Å². The van der Waals surface area contributed by atoms with E-state index in [1.54, 1.807) is 30.4 Å². The third kappa shape index (κ3) is 6.95. The smallest absolute Gasteiger partial charge is 0.229 e. The Morgan fingerprint density at radius 1 is 0.850 bits per heavy atom. The van der Waals surface area contributed by atoms with E-state index in [4.69, 9.17) is 33.5 Å². The molecular weight excluding hydrogens is 532 g/mol. The second kappa shape index (κ2) is 14.5. The van der Waals surface area contributed by atoms with Crippen LogP contribution in [0.4, 0.5) is 0 Å². The molecule has 1 heterocycles. The van der Waals surface area contributed by atoms with Crippen LogP contribution >= 0.6 is 0 Å². The third-order valence-corrected chi connectivity index (χ3v) is 6.32. The van der Waals surface area contributed by atoms with E-state index in [2.05, 4.69) is 0 Å². The molecule has 0 unspecified atom stereocenters. The summed E-state index contributed by atoms with van der Waals surface area (Å²) < 4.78 is 33.2. The van der Waals surface area contributed by atoms with Crippen molar-refractivity contribution in [2.24, 2.45) is 0 Å². The zero-order valence-electron chi connectivity index (χ0n) is 22.3. The van der Waals surface area contributed by atoms with Crippen LogP contribution in [0.3, 0.4) is 0 Å². The molecule has 13 nitrogen and oxygen atoms in total. The minimum absolute atomic E-state index is 0.0413. The zero-order chi connectivity index (χ0) is 29.4. The highest BCUT2D eigenvalue weighted by Gasteiger charge is 2.45. The SMILES string of the molecule is COc1cc(/C=C/CO)ccc1O[C@H](CO)[C@@H](O)c1cc(OC)c(O[C@@H]2O[C@H](CO)[C@@H](O)[C@H](O)[C@H]2O)c(OC)c1. The van der Waals surface area contributed by atoms with Crippen molar-refractivity contribution < 1.29 is 64.2 Å². The van der Waals surface area contributed by atoms with Gasteiger partial charge in [-0.05, 0) is 35.4 Å². The first-order valence-corrected chi connectivity index (χ1v) is 12.4. The molecular formula is C27H36O13. The van der Waals surface area contributed by atoms with Crippen LogP contribution in [0.2, 0.25) is 0 Å². The Balaban J connectivity index is 1.88. The van der Waals surface area contributed by atoms with Gasteiger partial charge in [-0.2, -0.15) is 0 Å². The zero-order valence-corrected chi connectivity index (χ0v) is 22.3. The molecule has 222 valence electrons. The van der Waals surface area contributed by atoms with Crippen LogP contribution in [0.15, 0.2) is 36.4 Å². The third-order valence-electron chi connectivity index (χ3n) is 6.32. The molecule has 40 heavy (non-hydrogen) atoms. The summed E-state index contributed by atoms with van der Waals surface area (Å²) in [4.78, 5) is 0. The number of methoxy groups -OCH3 is 3. The molecule has 0 saturated carbocycles. The molecule has 0 aliphatic carbocycles. The molecule has 1 fully saturated rings. The highest BCUT2D eigenvalue weighted by atomic mass is 16.7. The summed E-state index contributed by atoms with van der Waals surface area (Å²) in [5, 5.41) is 70.1. The topological polar surface area (TPSA) is 197 Å². The molecule has 1 aliphatic heterocycles. The fourth-order valence-corrected chi connectivity index (χ4v) is 4.12. The Labute approximate surface area is 231 Å². The van der Waals surface area contributed by atoms with Gasteiger partial charge in [0.25, 0.3) is 0 Å². The summed E-state index contributed by atoms with van der Waals surface area (Å²) in [6, 6.07) is 7.78. The van der Waals surface area contributed by atoms with Crippen LogP contribution in [0.5, 0.6) is 28.7 Å². The first kappa shape index (κ1) is 31.4. The molecule has 7 N–H and O–H groups in total. The molecule has 13 heteroatoms. The molecule has 1 aliphatic rings. The average molecular weight is 569 g/mol. The molecule has 0 spiro atoms. The van der Waals surface area contributed by atoms with E-state index in [1.807, 2.05) is 0 Å². The Bertz CT molecular complexity index is 1100. The van der Waals surface area contributed by atoms with Crippen molar-refractivity contribution in [1.82, 2.24) is 0 Å². The van der Waals surface area contributed by atoms with E-state index in [0.29, 0.717) is 5.75 Å².